The number of Topliss-reactive ketones (excluding diaryl/α,β-unsaturated/α-hetero) is 1. The molecule has 15 heavy (non-hydrogen) atoms. The van der Waals surface area contributed by atoms with E-state index in [4.69, 9.17) is 0 Å². The van der Waals surface area contributed by atoms with E-state index in [1.54, 1.807) is 16.8 Å². The van der Waals surface area contributed by atoms with Crippen LogP contribution in [-0.2, 0) is 6.42 Å². The number of carbonyl (C=O) groups excluding carboxylic acids is 1. The largest absolute Gasteiger partial charge is 0.293 e. The van der Waals surface area contributed by atoms with Gasteiger partial charge in [-0.2, -0.15) is 0 Å². The van der Waals surface area contributed by atoms with Gasteiger partial charge < -0.3 is 0 Å². The summed E-state index contributed by atoms with van der Waals surface area (Å²) in [6.45, 7) is 1.88. The van der Waals surface area contributed by atoms with Crippen LogP contribution >= 0.6 is 22.7 Å². The van der Waals surface area contributed by atoms with E-state index < -0.39 is 0 Å². The van der Waals surface area contributed by atoms with E-state index in [-0.39, 0.29) is 5.78 Å². The average molecular weight is 237 g/mol. The molecule has 0 aliphatic heterocycles. The normalized spacial score (nSPS) is 10.5. The van der Waals surface area contributed by atoms with E-state index in [1.807, 2.05) is 18.4 Å². The first-order chi connectivity index (χ1) is 7.27. The Bertz CT molecular complexity index is 445. The lowest BCUT2D eigenvalue weighted by Gasteiger charge is -1.97. The highest BCUT2D eigenvalue weighted by Gasteiger charge is 2.11. The molecule has 0 saturated carbocycles. The van der Waals surface area contributed by atoms with Crippen molar-refractivity contribution in [3.63, 3.8) is 0 Å². The number of ketones is 1. The molecule has 0 spiro atoms. The zero-order valence-electron chi connectivity index (χ0n) is 8.40. The summed E-state index contributed by atoms with van der Waals surface area (Å²) >= 11 is 3.14. The van der Waals surface area contributed by atoms with E-state index in [9.17, 15) is 4.79 Å². The lowest BCUT2D eigenvalue weighted by Crippen LogP contribution is -1.99. The average Bonchev–Trinajstić information content (AvgIpc) is 2.84. The van der Waals surface area contributed by atoms with Crippen molar-refractivity contribution in [2.24, 2.45) is 0 Å². The number of rotatable bonds is 4. The summed E-state index contributed by atoms with van der Waals surface area (Å²) in [6, 6.07) is 4.08. The molecule has 0 saturated heterocycles. The summed E-state index contributed by atoms with van der Waals surface area (Å²) in [7, 11) is 0. The van der Waals surface area contributed by atoms with Gasteiger partial charge >= 0.3 is 0 Å². The Balaban J connectivity index is 1.96. The fraction of sp³-hybridized carbons (Fsp3) is 0.273. The number of aryl methyl sites for hydroxylation is 2. The second-order valence-electron chi connectivity index (χ2n) is 3.27. The Morgan fingerprint density at radius 2 is 2.33 bits per heavy atom. The minimum atomic E-state index is 0.211. The van der Waals surface area contributed by atoms with Gasteiger partial charge in [0.2, 0.25) is 0 Å². The monoisotopic (exact) mass is 237 g/mol. The van der Waals surface area contributed by atoms with Crippen molar-refractivity contribution in [1.82, 2.24) is 4.98 Å². The fourth-order valence-electron chi connectivity index (χ4n) is 1.37. The third kappa shape index (κ3) is 2.52. The molecule has 0 radical (unpaired) electrons. The third-order valence-corrected chi connectivity index (χ3v) is 4.08. The first-order valence-corrected chi connectivity index (χ1v) is 6.49. The lowest BCUT2D eigenvalue weighted by molar-refractivity contribution is 0.0986. The van der Waals surface area contributed by atoms with Gasteiger partial charge in [0.05, 0.1) is 16.1 Å². The predicted molar refractivity (Wildman–Crippen MR) is 63.8 cm³/mol. The minimum Gasteiger partial charge on any atom is -0.293 e. The Hall–Kier alpha value is -1.000. The van der Waals surface area contributed by atoms with Crippen molar-refractivity contribution in [3.05, 3.63) is 38.5 Å². The molecular weight excluding hydrogens is 226 g/mol. The molecule has 2 heterocycles. The summed E-state index contributed by atoms with van der Waals surface area (Å²) in [5.41, 5.74) is 2.59. The van der Waals surface area contributed by atoms with Crippen molar-refractivity contribution in [2.45, 2.75) is 19.8 Å². The molecule has 0 N–H and O–H groups in total. The van der Waals surface area contributed by atoms with Crippen LogP contribution in [0, 0.1) is 6.92 Å². The number of aromatic nitrogens is 1. The Kier molecular flexibility index (Phi) is 3.28. The summed E-state index contributed by atoms with van der Waals surface area (Å²) in [5, 5.41) is 2.04. The molecule has 2 nitrogen and oxygen atoms in total. The molecule has 0 bridgehead atoms. The van der Waals surface area contributed by atoms with E-state index >= 15 is 0 Å². The van der Waals surface area contributed by atoms with Crippen LogP contribution in [0.2, 0.25) is 0 Å². The number of carbonyl (C=O) groups is 1. The second-order valence-corrected chi connectivity index (χ2v) is 5.16. The van der Waals surface area contributed by atoms with Crippen LogP contribution in [-0.4, -0.2) is 10.8 Å². The van der Waals surface area contributed by atoms with E-state index in [0.29, 0.717) is 6.42 Å². The van der Waals surface area contributed by atoms with Gasteiger partial charge in [-0.05, 0) is 24.8 Å². The fourth-order valence-corrected chi connectivity index (χ4v) is 2.86. The number of thiazole rings is 1. The molecule has 2 rings (SSSR count). The molecule has 0 aromatic carbocycles. The zero-order valence-corrected chi connectivity index (χ0v) is 10.0. The van der Waals surface area contributed by atoms with Crippen molar-refractivity contribution < 1.29 is 4.79 Å². The first-order valence-electron chi connectivity index (χ1n) is 4.73. The van der Waals surface area contributed by atoms with Crippen molar-refractivity contribution in [2.75, 3.05) is 0 Å². The van der Waals surface area contributed by atoms with Gasteiger partial charge in [0.1, 0.15) is 0 Å². The molecule has 2 aromatic heterocycles. The van der Waals surface area contributed by atoms with Crippen LogP contribution in [0.15, 0.2) is 23.0 Å². The van der Waals surface area contributed by atoms with E-state index in [0.717, 1.165) is 17.0 Å². The van der Waals surface area contributed by atoms with E-state index in [1.165, 1.54) is 16.2 Å². The molecule has 0 fully saturated rings. The SMILES string of the molecule is Cc1ncsc1C(=O)CCc1cccs1. The molecule has 0 amide bonds. The molecule has 78 valence electrons. The lowest BCUT2D eigenvalue weighted by atomic mass is 10.1. The first kappa shape index (κ1) is 10.5. The maximum atomic E-state index is 11.8. The van der Waals surface area contributed by atoms with Crippen molar-refractivity contribution in [1.29, 1.82) is 0 Å². The Morgan fingerprint density at radius 1 is 1.47 bits per heavy atom. The molecule has 0 aliphatic carbocycles. The molecule has 0 unspecified atom stereocenters. The van der Waals surface area contributed by atoms with Crippen LogP contribution in [0.4, 0.5) is 0 Å². The second kappa shape index (κ2) is 4.68. The highest BCUT2D eigenvalue weighted by Crippen LogP contribution is 2.17. The summed E-state index contributed by atoms with van der Waals surface area (Å²) < 4.78 is 0. The van der Waals surface area contributed by atoms with Crippen LogP contribution in [0.3, 0.4) is 0 Å². The number of thiophene rings is 1. The zero-order chi connectivity index (χ0) is 10.7. The summed E-state index contributed by atoms with van der Waals surface area (Å²) in [4.78, 5) is 18.0. The summed E-state index contributed by atoms with van der Waals surface area (Å²) in [6.07, 6.45) is 1.43. The van der Waals surface area contributed by atoms with Gasteiger partial charge in [0.25, 0.3) is 0 Å². The maximum Gasteiger partial charge on any atom is 0.175 e. The predicted octanol–water partition coefficient (Wildman–Crippen LogP) is 3.33. The van der Waals surface area contributed by atoms with Gasteiger partial charge in [0.15, 0.2) is 5.78 Å². The van der Waals surface area contributed by atoms with Crippen molar-refractivity contribution in [3.8, 4) is 0 Å². The molecule has 0 atom stereocenters. The topological polar surface area (TPSA) is 30.0 Å². The van der Waals surface area contributed by atoms with Gasteiger partial charge in [-0.25, -0.2) is 4.98 Å². The van der Waals surface area contributed by atoms with Gasteiger partial charge in [-0.15, -0.1) is 22.7 Å². The highest BCUT2D eigenvalue weighted by atomic mass is 32.1. The van der Waals surface area contributed by atoms with Crippen LogP contribution in [0.1, 0.15) is 26.7 Å². The number of hydrogen-bond donors (Lipinski definition) is 0. The number of nitrogens with zero attached hydrogens (tertiary/aromatic N) is 1. The Morgan fingerprint density at radius 3 is 2.93 bits per heavy atom. The van der Waals surface area contributed by atoms with Crippen LogP contribution in [0.5, 0.6) is 0 Å². The van der Waals surface area contributed by atoms with Crippen LogP contribution < -0.4 is 0 Å². The standard InChI is InChI=1S/C11H11NOS2/c1-8-11(15-7-12-8)10(13)5-4-9-3-2-6-14-9/h2-3,6-7H,4-5H2,1H3. The highest BCUT2D eigenvalue weighted by molar-refractivity contribution is 7.12. The van der Waals surface area contributed by atoms with Gasteiger partial charge in [0, 0.05) is 11.3 Å². The van der Waals surface area contributed by atoms with Gasteiger partial charge in [-0.3, -0.25) is 4.79 Å². The molecule has 4 heteroatoms. The van der Waals surface area contributed by atoms with E-state index in [2.05, 4.69) is 11.1 Å². The minimum absolute atomic E-state index is 0.211. The molecule has 0 aliphatic rings. The maximum absolute atomic E-state index is 11.8. The van der Waals surface area contributed by atoms with Crippen LogP contribution in [0.25, 0.3) is 0 Å². The number of hydrogen-bond acceptors (Lipinski definition) is 4. The quantitative estimate of drug-likeness (QED) is 0.763. The third-order valence-electron chi connectivity index (χ3n) is 2.18. The molecular formula is C11H11NOS2. The Labute approximate surface area is 96.6 Å². The van der Waals surface area contributed by atoms with Gasteiger partial charge in [-0.1, -0.05) is 6.07 Å². The smallest absolute Gasteiger partial charge is 0.175 e. The summed E-state index contributed by atoms with van der Waals surface area (Å²) in [5.74, 6) is 0.211. The molecule has 2 aromatic rings. The van der Waals surface area contributed by atoms with Crippen molar-refractivity contribution >= 4 is 28.5 Å².